The predicted molar refractivity (Wildman–Crippen MR) is 95.4 cm³/mol. The molecule has 2 saturated heterocycles. The number of nitrogens with zero attached hydrogens (tertiary/aromatic N) is 4. The largest absolute Gasteiger partial charge is 0.381 e. The Morgan fingerprint density at radius 1 is 1.15 bits per heavy atom. The first-order valence-corrected chi connectivity index (χ1v) is 9.74. The number of amides is 1. The van der Waals surface area contributed by atoms with Crippen LogP contribution in [0.4, 0.5) is 0 Å². The summed E-state index contributed by atoms with van der Waals surface area (Å²) in [5, 5.41) is 8.03. The molecule has 27 heavy (non-hydrogen) atoms. The standard InChI is InChI=1S/C19H26N4O4/c1-12-17(13(2)26-21-12)19(24)23-8-5-14(11-23)3-4-16-20-18(27-22-16)15-6-9-25-10-7-15/h14-15H,3-11H2,1-2H3. The number of aromatic nitrogens is 3. The third-order valence-electron chi connectivity index (χ3n) is 5.65. The highest BCUT2D eigenvalue weighted by Crippen LogP contribution is 2.27. The summed E-state index contributed by atoms with van der Waals surface area (Å²) in [5.74, 6) is 2.92. The number of hydrogen-bond donors (Lipinski definition) is 0. The molecule has 2 aromatic rings. The monoisotopic (exact) mass is 374 g/mol. The topological polar surface area (TPSA) is 94.5 Å². The number of carbonyl (C=O) groups is 1. The van der Waals surface area contributed by atoms with E-state index in [1.165, 1.54) is 0 Å². The highest BCUT2D eigenvalue weighted by molar-refractivity contribution is 5.96. The van der Waals surface area contributed by atoms with Crippen molar-refractivity contribution in [3.05, 3.63) is 28.7 Å². The number of carbonyl (C=O) groups excluding carboxylic acids is 1. The van der Waals surface area contributed by atoms with Crippen LogP contribution in [-0.4, -0.2) is 52.4 Å². The molecule has 0 aliphatic carbocycles. The lowest BCUT2D eigenvalue weighted by Crippen LogP contribution is -2.29. The molecule has 146 valence electrons. The Labute approximate surface area is 158 Å². The van der Waals surface area contributed by atoms with E-state index in [2.05, 4.69) is 15.3 Å². The third-order valence-corrected chi connectivity index (χ3v) is 5.65. The second kappa shape index (κ2) is 7.80. The quantitative estimate of drug-likeness (QED) is 0.794. The zero-order valence-corrected chi connectivity index (χ0v) is 15.9. The highest BCUT2D eigenvalue weighted by Gasteiger charge is 2.30. The minimum absolute atomic E-state index is 0.0233. The van der Waals surface area contributed by atoms with Crippen LogP contribution in [0, 0.1) is 19.8 Å². The molecule has 8 nitrogen and oxygen atoms in total. The van der Waals surface area contributed by atoms with Gasteiger partial charge in [-0.25, -0.2) is 0 Å². The van der Waals surface area contributed by atoms with Crippen molar-refractivity contribution in [2.75, 3.05) is 26.3 Å². The maximum absolute atomic E-state index is 12.7. The SMILES string of the molecule is Cc1noc(C)c1C(=O)N1CCC(CCc2noc(C3CCOCC3)n2)C1. The van der Waals surface area contributed by atoms with E-state index >= 15 is 0 Å². The lowest BCUT2D eigenvalue weighted by molar-refractivity contribution is 0.0778. The zero-order chi connectivity index (χ0) is 18.8. The van der Waals surface area contributed by atoms with Gasteiger partial charge in [-0.05, 0) is 45.4 Å². The number of rotatable bonds is 5. The summed E-state index contributed by atoms with van der Waals surface area (Å²) in [6.45, 7) is 6.65. The average molecular weight is 374 g/mol. The lowest BCUT2D eigenvalue weighted by Gasteiger charge is -2.17. The van der Waals surface area contributed by atoms with E-state index in [0.717, 1.165) is 70.1 Å². The molecule has 2 aliphatic rings. The molecular formula is C19H26N4O4. The molecule has 0 N–H and O–H groups in total. The Morgan fingerprint density at radius 2 is 1.96 bits per heavy atom. The highest BCUT2D eigenvalue weighted by atomic mass is 16.5. The van der Waals surface area contributed by atoms with Crippen molar-refractivity contribution in [3.8, 4) is 0 Å². The number of ether oxygens (including phenoxy) is 1. The van der Waals surface area contributed by atoms with Gasteiger partial charge in [0.2, 0.25) is 5.89 Å². The Balaban J connectivity index is 1.29. The van der Waals surface area contributed by atoms with Crippen molar-refractivity contribution < 1.29 is 18.6 Å². The molecule has 0 aromatic carbocycles. The molecular weight excluding hydrogens is 348 g/mol. The molecule has 0 spiro atoms. The maximum Gasteiger partial charge on any atom is 0.259 e. The zero-order valence-electron chi connectivity index (χ0n) is 15.9. The van der Waals surface area contributed by atoms with Gasteiger partial charge in [0.05, 0.1) is 5.69 Å². The van der Waals surface area contributed by atoms with Crippen molar-refractivity contribution in [1.29, 1.82) is 0 Å². The van der Waals surface area contributed by atoms with Crippen LogP contribution in [-0.2, 0) is 11.2 Å². The number of hydrogen-bond acceptors (Lipinski definition) is 7. The first-order valence-electron chi connectivity index (χ1n) is 9.74. The van der Waals surface area contributed by atoms with E-state index in [-0.39, 0.29) is 5.91 Å². The molecule has 4 heterocycles. The third kappa shape index (κ3) is 3.90. The number of likely N-dealkylation sites (tertiary alicyclic amines) is 1. The Hall–Kier alpha value is -2.22. The molecule has 4 rings (SSSR count). The molecule has 0 bridgehead atoms. The molecule has 1 atom stereocenters. The minimum atomic E-state index is 0.0233. The lowest BCUT2D eigenvalue weighted by atomic mass is 10.0. The van der Waals surface area contributed by atoms with E-state index in [1.54, 1.807) is 6.92 Å². The van der Waals surface area contributed by atoms with Crippen LogP contribution in [0.3, 0.4) is 0 Å². The summed E-state index contributed by atoms with van der Waals surface area (Å²) < 4.78 is 16.0. The smallest absolute Gasteiger partial charge is 0.259 e. The van der Waals surface area contributed by atoms with Crippen molar-refractivity contribution in [2.24, 2.45) is 5.92 Å². The van der Waals surface area contributed by atoms with Gasteiger partial charge in [0.1, 0.15) is 11.3 Å². The van der Waals surface area contributed by atoms with Crippen LogP contribution in [0.25, 0.3) is 0 Å². The maximum atomic E-state index is 12.7. The van der Waals surface area contributed by atoms with Gasteiger partial charge in [0.25, 0.3) is 5.91 Å². The molecule has 2 aliphatic heterocycles. The van der Waals surface area contributed by atoms with Crippen LogP contribution < -0.4 is 0 Å². The van der Waals surface area contributed by atoms with E-state index < -0.39 is 0 Å². The van der Waals surface area contributed by atoms with Crippen molar-refractivity contribution in [3.63, 3.8) is 0 Å². The van der Waals surface area contributed by atoms with Gasteiger partial charge < -0.3 is 18.7 Å². The molecule has 1 amide bonds. The minimum Gasteiger partial charge on any atom is -0.381 e. The van der Waals surface area contributed by atoms with Crippen LogP contribution in [0.2, 0.25) is 0 Å². The molecule has 0 saturated carbocycles. The summed E-state index contributed by atoms with van der Waals surface area (Å²) in [6, 6.07) is 0. The second-order valence-corrected chi connectivity index (χ2v) is 7.58. The van der Waals surface area contributed by atoms with E-state index in [0.29, 0.717) is 28.9 Å². The molecule has 2 aromatic heterocycles. The fourth-order valence-corrected chi connectivity index (χ4v) is 4.01. The average Bonchev–Trinajstić information content (AvgIpc) is 3.41. The van der Waals surface area contributed by atoms with Crippen LogP contribution in [0.15, 0.2) is 9.05 Å². The normalized spacial score (nSPS) is 21.1. The van der Waals surface area contributed by atoms with Gasteiger partial charge in [-0.1, -0.05) is 10.3 Å². The first kappa shape index (κ1) is 18.2. The van der Waals surface area contributed by atoms with Gasteiger partial charge in [-0.15, -0.1) is 0 Å². The predicted octanol–water partition coefficient (Wildman–Crippen LogP) is 2.66. The second-order valence-electron chi connectivity index (χ2n) is 7.58. The number of aryl methyl sites for hydroxylation is 3. The van der Waals surface area contributed by atoms with Crippen molar-refractivity contribution >= 4 is 5.91 Å². The first-order chi connectivity index (χ1) is 13.1. The fourth-order valence-electron chi connectivity index (χ4n) is 4.01. The summed E-state index contributed by atoms with van der Waals surface area (Å²) in [4.78, 5) is 19.2. The van der Waals surface area contributed by atoms with Gasteiger partial charge in [0.15, 0.2) is 5.82 Å². The summed E-state index contributed by atoms with van der Waals surface area (Å²) in [6.07, 6.45) is 4.63. The van der Waals surface area contributed by atoms with Gasteiger partial charge in [-0.3, -0.25) is 4.79 Å². The van der Waals surface area contributed by atoms with Gasteiger partial charge in [-0.2, -0.15) is 4.98 Å². The van der Waals surface area contributed by atoms with Gasteiger partial charge >= 0.3 is 0 Å². The van der Waals surface area contributed by atoms with Crippen LogP contribution >= 0.6 is 0 Å². The van der Waals surface area contributed by atoms with E-state index in [4.69, 9.17) is 13.8 Å². The molecule has 0 radical (unpaired) electrons. The Kier molecular flexibility index (Phi) is 5.24. The molecule has 2 fully saturated rings. The summed E-state index contributed by atoms with van der Waals surface area (Å²) >= 11 is 0. The van der Waals surface area contributed by atoms with E-state index in [9.17, 15) is 4.79 Å². The van der Waals surface area contributed by atoms with Crippen LogP contribution in [0.1, 0.15) is 65.1 Å². The Morgan fingerprint density at radius 3 is 2.70 bits per heavy atom. The molecule has 8 heteroatoms. The van der Waals surface area contributed by atoms with Gasteiger partial charge in [0, 0.05) is 38.6 Å². The van der Waals surface area contributed by atoms with Crippen molar-refractivity contribution in [1.82, 2.24) is 20.2 Å². The Bertz CT molecular complexity index is 774. The van der Waals surface area contributed by atoms with E-state index in [1.807, 2.05) is 11.8 Å². The fraction of sp³-hybridized carbons (Fsp3) is 0.684. The van der Waals surface area contributed by atoms with Crippen molar-refractivity contribution in [2.45, 2.75) is 51.9 Å². The summed E-state index contributed by atoms with van der Waals surface area (Å²) in [7, 11) is 0. The van der Waals surface area contributed by atoms with Crippen LogP contribution in [0.5, 0.6) is 0 Å². The molecule has 1 unspecified atom stereocenters. The summed E-state index contributed by atoms with van der Waals surface area (Å²) in [5.41, 5.74) is 1.27.